The number of anilines is 1. The van der Waals surface area contributed by atoms with Crippen LogP contribution in [0.25, 0.3) is 0 Å². The molecule has 0 fully saturated rings. The van der Waals surface area contributed by atoms with Crippen LogP contribution in [0.4, 0.5) is 10.5 Å². The average Bonchev–Trinajstić information content (AvgIpc) is 2.42. The molecule has 0 saturated heterocycles. The lowest BCUT2D eigenvalue weighted by Gasteiger charge is -2.15. The molecule has 3 N–H and O–H groups in total. The van der Waals surface area contributed by atoms with Gasteiger partial charge in [-0.3, -0.25) is 0 Å². The van der Waals surface area contributed by atoms with E-state index < -0.39 is 12.0 Å². The second-order valence-electron chi connectivity index (χ2n) is 4.49. The summed E-state index contributed by atoms with van der Waals surface area (Å²) < 4.78 is 0.537. The molecule has 1 aromatic rings. The van der Waals surface area contributed by atoms with Crippen molar-refractivity contribution >= 4 is 33.6 Å². The molecule has 1 aromatic carbocycles. The number of carbonyl (C=O) groups excluding carboxylic acids is 1. The zero-order valence-corrected chi connectivity index (χ0v) is 13.2. The van der Waals surface area contributed by atoms with Crippen molar-refractivity contribution in [3.63, 3.8) is 0 Å². The molecule has 1 rings (SSSR count). The summed E-state index contributed by atoms with van der Waals surface area (Å²) in [6, 6.07) is 4.35. The number of urea groups is 1. The summed E-state index contributed by atoms with van der Waals surface area (Å²) >= 11 is 3.25. The third kappa shape index (κ3) is 4.52. The van der Waals surface area contributed by atoms with Crippen molar-refractivity contribution in [2.45, 2.75) is 26.7 Å². The molecule has 0 unspecified atom stereocenters. The number of amides is 2. The number of hydrogen-bond donors (Lipinski definition) is 3. The van der Waals surface area contributed by atoms with Crippen LogP contribution < -0.4 is 10.6 Å². The van der Waals surface area contributed by atoms with E-state index in [2.05, 4.69) is 40.4 Å². The first-order valence-electron chi connectivity index (χ1n) is 6.56. The van der Waals surface area contributed by atoms with Gasteiger partial charge in [0.2, 0.25) is 0 Å². The average molecular weight is 343 g/mol. The molecule has 0 aliphatic carbocycles. The number of aromatic carboxylic acids is 1. The smallest absolute Gasteiger partial charge is 0.337 e. The van der Waals surface area contributed by atoms with Crippen molar-refractivity contribution in [1.29, 1.82) is 0 Å². The Labute approximate surface area is 126 Å². The number of rotatable bonds is 6. The van der Waals surface area contributed by atoms with Crippen molar-refractivity contribution in [3.8, 4) is 0 Å². The molecule has 0 aromatic heterocycles. The molecule has 0 saturated carbocycles. The highest BCUT2D eigenvalue weighted by Gasteiger charge is 2.15. The van der Waals surface area contributed by atoms with Gasteiger partial charge in [0.05, 0.1) is 11.3 Å². The fraction of sp³-hybridized carbons (Fsp3) is 0.429. The van der Waals surface area contributed by atoms with E-state index in [1.165, 1.54) is 6.07 Å². The number of carboxylic acid groups (broad SMARTS) is 1. The fourth-order valence-corrected chi connectivity index (χ4v) is 2.27. The van der Waals surface area contributed by atoms with Gasteiger partial charge in [0.15, 0.2) is 0 Å². The van der Waals surface area contributed by atoms with Gasteiger partial charge in [0.1, 0.15) is 0 Å². The van der Waals surface area contributed by atoms with Crippen LogP contribution in [0.5, 0.6) is 0 Å². The van der Waals surface area contributed by atoms with Crippen molar-refractivity contribution in [2.24, 2.45) is 5.92 Å². The largest absolute Gasteiger partial charge is 0.478 e. The summed E-state index contributed by atoms with van der Waals surface area (Å²) in [6.45, 7) is 4.72. The second-order valence-corrected chi connectivity index (χ2v) is 5.34. The summed E-state index contributed by atoms with van der Waals surface area (Å²) in [5.74, 6) is -0.652. The molecule has 0 spiro atoms. The molecular formula is C14H19BrN2O3. The number of carbonyl (C=O) groups is 2. The molecule has 6 heteroatoms. The molecular weight excluding hydrogens is 324 g/mol. The molecule has 0 atom stereocenters. The molecule has 110 valence electrons. The van der Waals surface area contributed by atoms with Crippen LogP contribution in [0.15, 0.2) is 22.7 Å². The summed E-state index contributed by atoms with van der Waals surface area (Å²) in [5, 5.41) is 14.5. The molecule has 20 heavy (non-hydrogen) atoms. The topological polar surface area (TPSA) is 78.4 Å². The maximum Gasteiger partial charge on any atom is 0.337 e. The predicted octanol–water partition coefficient (Wildman–Crippen LogP) is 3.71. The molecule has 0 bridgehead atoms. The maximum absolute atomic E-state index is 11.8. The Morgan fingerprint density at radius 1 is 1.30 bits per heavy atom. The highest BCUT2D eigenvalue weighted by atomic mass is 79.9. The van der Waals surface area contributed by atoms with Crippen LogP contribution in [0, 0.1) is 5.92 Å². The van der Waals surface area contributed by atoms with Gasteiger partial charge in [0.25, 0.3) is 0 Å². The first-order chi connectivity index (χ1) is 9.49. The van der Waals surface area contributed by atoms with Crippen molar-refractivity contribution in [2.75, 3.05) is 11.9 Å². The summed E-state index contributed by atoms with van der Waals surface area (Å²) in [5.41, 5.74) is 0.319. The minimum Gasteiger partial charge on any atom is -0.478 e. The van der Waals surface area contributed by atoms with Gasteiger partial charge in [-0.2, -0.15) is 0 Å². The van der Waals surface area contributed by atoms with Crippen LogP contribution >= 0.6 is 15.9 Å². The minimum absolute atomic E-state index is 0.0528. The fourth-order valence-electron chi connectivity index (χ4n) is 1.80. The standard InChI is InChI=1S/C14H19BrN2O3/c1-3-9(4-2)8-16-14(20)17-12-10(13(18)19)6-5-7-11(12)15/h5-7,9H,3-4,8H2,1-2H3,(H,18,19)(H2,16,17,20). The van der Waals surface area contributed by atoms with E-state index in [-0.39, 0.29) is 11.3 Å². The molecule has 0 aliphatic heterocycles. The first kappa shape index (κ1) is 16.5. The van der Waals surface area contributed by atoms with E-state index in [9.17, 15) is 9.59 Å². The Morgan fingerprint density at radius 3 is 2.50 bits per heavy atom. The summed E-state index contributed by atoms with van der Waals surface area (Å²) in [7, 11) is 0. The van der Waals surface area contributed by atoms with Crippen LogP contribution in [-0.2, 0) is 0 Å². The summed E-state index contributed by atoms with van der Waals surface area (Å²) in [6.07, 6.45) is 1.98. The summed E-state index contributed by atoms with van der Waals surface area (Å²) in [4.78, 5) is 23.0. The lowest BCUT2D eigenvalue weighted by atomic mass is 10.0. The molecule has 0 radical (unpaired) electrons. The highest BCUT2D eigenvalue weighted by Crippen LogP contribution is 2.26. The van der Waals surface area contributed by atoms with E-state index >= 15 is 0 Å². The Bertz CT molecular complexity index is 487. The van der Waals surface area contributed by atoms with E-state index in [4.69, 9.17) is 5.11 Å². The molecule has 0 heterocycles. The predicted molar refractivity (Wildman–Crippen MR) is 82.2 cm³/mol. The van der Waals surface area contributed by atoms with Gasteiger partial charge in [-0.25, -0.2) is 9.59 Å². The quantitative estimate of drug-likeness (QED) is 0.737. The van der Waals surface area contributed by atoms with Gasteiger partial charge in [-0.05, 0) is 34.0 Å². The Balaban J connectivity index is 2.73. The second kappa shape index (κ2) is 7.89. The number of hydrogen-bond acceptors (Lipinski definition) is 2. The van der Waals surface area contributed by atoms with Crippen molar-refractivity contribution in [3.05, 3.63) is 28.2 Å². The van der Waals surface area contributed by atoms with Gasteiger partial charge in [-0.15, -0.1) is 0 Å². The van der Waals surface area contributed by atoms with E-state index in [0.29, 0.717) is 16.9 Å². The van der Waals surface area contributed by atoms with Gasteiger partial charge in [0, 0.05) is 11.0 Å². The number of nitrogens with one attached hydrogen (secondary N) is 2. The van der Waals surface area contributed by atoms with Crippen LogP contribution in [0.1, 0.15) is 37.0 Å². The zero-order valence-electron chi connectivity index (χ0n) is 11.6. The monoisotopic (exact) mass is 342 g/mol. The van der Waals surface area contributed by atoms with Crippen molar-refractivity contribution < 1.29 is 14.7 Å². The molecule has 2 amide bonds. The van der Waals surface area contributed by atoms with Crippen LogP contribution in [0.2, 0.25) is 0 Å². The maximum atomic E-state index is 11.8. The third-order valence-electron chi connectivity index (χ3n) is 3.19. The van der Waals surface area contributed by atoms with E-state index in [1.54, 1.807) is 12.1 Å². The number of benzene rings is 1. The third-order valence-corrected chi connectivity index (χ3v) is 3.85. The number of carboxylic acids is 1. The lowest BCUT2D eigenvalue weighted by molar-refractivity contribution is 0.0698. The van der Waals surface area contributed by atoms with Crippen LogP contribution in [0.3, 0.4) is 0 Å². The van der Waals surface area contributed by atoms with Gasteiger partial charge < -0.3 is 15.7 Å². The van der Waals surface area contributed by atoms with Gasteiger partial charge in [-0.1, -0.05) is 32.8 Å². The molecule has 0 aliphatic rings. The Hall–Kier alpha value is -1.56. The first-order valence-corrected chi connectivity index (χ1v) is 7.35. The highest BCUT2D eigenvalue weighted by molar-refractivity contribution is 9.10. The van der Waals surface area contributed by atoms with Crippen LogP contribution in [-0.4, -0.2) is 23.7 Å². The van der Waals surface area contributed by atoms with E-state index in [0.717, 1.165) is 12.8 Å². The minimum atomic E-state index is -1.08. The SMILES string of the molecule is CCC(CC)CNC(=O)Nc1c(Br)cccc1C(=O)O. The normalized spacial score (nSPS) is 10.4. The molecule has 5 nitrogen and oxygen atoms in total. The Morgan fingerprint density at radius 2 is 1.95 bits per heavy atom. The number of halogens is 1. The van der Waals surface area contributed by atoms with E-state index in [1.807, 2.05) is 0 Å². The number of para-hydroxylation sites is 1. The lowest BCUT2D eigenvalue weighted by Crippen LogP contribution is -2.33. The zero-order chi connectivity index (χ0) is 15.1. The Kier molecular flexibility index (Phi) is 6.51. The van der Waals surface area contributed by atoms with Crippen molar-refractivity contribution in [1.82, 2.24) is 5.32 Å². The van der Waals surface area contributed by atoms with Gasteiger partial charge >= 0.3 is 12.0 Å².